The Morgan fingerprint density at radius 1 is 1.13 bits per heavy atom. The summed E-state index contributed by atoms with van der Waals surface area (Å²) in [5, 5.41) is 5.00. The first-order chi connectivity index (χ1) is 14.5. The molecule has 0 saturated carbocycles. The Morgan fingerprint density at radius 3 is 2.52 bits per heavy atom. The third-order valence-corrected chi connectivity index (χ3v) is 4.44. The number of pyridine rings is 1. The maximum Gasteiger partial charge on any atom is 0.420 e. The Bertz CT molecular complexity index is 1230. The predicted octanol–water partition coefficient (Wildman–Crippen LogP) is 2.90. The summed E-state index contributed by atoms with van der Waals surface area (Å²) in [6.45, 7) is 0.0887. The summed E-state index contributed by atoms with van der Waals surface area (Å²) >= 11 is 0. The standard InChI is InChI=1S/C19H17FN8O2.ClH/c1-30-19(29)28(14-15(21)24-10-25-16(14)22)18-12-6-4-8-23-17(12)27(26-18)9-11-5-2-3-7-13(11)20;/h2-8,10H,9H2,1H3,(H4,21,22,24,25);1H. The number of nitrogens with two attached hydrogens (primary N) is 2. The average Bonchev–Trinajstić information content (AvgIpc) is 3.10. The maximum absolute atomic E-state index is 14.2. The van der Waals surface area contributed by atoms with Gasteiger partial charge in [0.05, 0.1) is 19.0 Å². The van der Waals surface area contributed by atoms with Crippen LogP contribution in [0.15, 0.2) is 48.9 Å². The lowest BCUT2D eigenvalue weighted by atomic mass is 10.2. The second kappa shape index (κ2) is 8.79. The molecule has 4 N–H and O–H groups in total. The molecule has 4 aromatic rings. The number of fused-ring (bicyclic) bond motifs is 1. The van der Waals surface area contributed by atoms with Crippen molar-refractivity contribution < 1.29 is 13.9 Å². The van der Waals surface area contributed by atoms with Crippen molar-refractivity contribution in [2.45, 2.75) is 6.54 Å². The van der Waals surface area contributed by atoms with E-state index in [0.717, 1.165) is 4.90 Å². The zero-order valence-electron chi connectivity index (χ0n) is 16.3. The quantitative estimate of drug-likeness (QED) is 0.490. The molecule has 0 saturated heterocycles. The molecule has 3 heterocycles. The number of nitrogen functional groups attached to an aromatic ring is 2. The van der Waals surface area contributed by atoms with Gasteiger partial charge >= 0.3 is 6.09 Å². The monoisotopic (exact) mass is 444 g/mol. The van der Waals surface area contributed by atoms with Crippen molar-refractivity contribution in [2.75, 3.05) is 23.5 Å². The number of rotatable bonds is 4. The molecule has 160 valence electrons. The number of ether oxygens (including phenoxy) is 1. The molecule has 10 nitrogen and oxygen atoms in total. The number of amides is 1. The first kappa shape index (κ1) is 21.7. The SMILES string of the molecule is COC(=O)N(c1c(N)ncnc1N)c1nn(Cc2ccccc2F)c2ncccc12.Cl. The number of anilines is 4. The molecule has 1 amide bonds. The number of hydrogen-bond acceptors (Lipinski definition) is 8. The van der Waals surface area contributed by atoms with Crippen LogP contribution in [0.5, 0.6) is 0 Å². The van der Waals surface area contributed by atoms with E-state index in [0.29, 0.717) is 16.6 Å². The molecule has 0 radical (unpaired) electrons. The molecule has 0 fully saturated rings. The fourth-order valence-corrected chi connectivity index (χ4v) is 3.07. The van der Waals surface area contributed by atoms with Gasteiger partial charge < -0.3 is 16.2 Å². The van der Waals surface area contributed by atoms with E-state index in [1.807, 2.05) is 0 Å². The summed E-state index contributed by atoms with van der Waals surface area (Å²) in [4.78, 5) is 25.9. The van der Waals surface area contributed by atoms with Gasteiger partial charge in [-0.15, -0.1) is 12.4 Å². The van der Waals surface area contributed by atoms with E-state index in [-0.39, 0.29) is 47.9 Å². The third kappa shape index (κ3) is 3.90. The van der Waals surface area contributed by atoms with Crippen molar-refractivity contribution in [1.82, 2.24) is 24.7 Å². The van der Waals surface area contributed by atoms with Gasteiger partial charge in [0.25, 0.3) is 0 Å². The van der Waals surface area contributed by atoms with Gasteiger partial charge in [-0.25, -0.2) is 33.7 Å². The molecule has 0 aliphatic rings. The van der Waals surface area contributed by atoms with Crippen LogP contribution < -0.4 is 16.4 Å². The lowest BCUT2D eigenvalue weighted by molar-refractivity contribution is 0.181. The number of halogens is 2. The Hall–Kier alpha value is -3.99. The van der Waals surface area contributed by atoms with Gasteiger partial charge in [0.1, 0.15) is 17.8 Å². The van der Waals surface area contributed by atoms with Crippen LogP contribution in [0, 0.1) is 5.82 Å². The minimum Gasteiger partial charge on any atom is -0.452 e. The Labute approximate surface area is 182 Å². The van der Waals surface area contributed by atoms with E-state index in [1.54, 1.807) is 36.5 Å². The fourth-order valence-electron chi connectivity index (χ4n) is 3.07. The summed E-state index contributed by atoms with van der Waals surface area (Å²) in [6, 6.07) is 9.73. The largest absolute Gasteiger partial charge is 0.452 e. The van der Waals surface area contributed by atoms with Gasteiger partial charge in [-0.3, -0.25) is 0 Å². The zero-order chi connectivity index (χ0) is 21.3. The van der Waals surface area contributed by atoms with Gasteiger partial charge in [0.2, 0.25) is 0 Å². The molecule has 0 bridgehead atoms. The van der Waals surface area contributed by atoms with Crippen LogP contribution in [0.2, 0.25) is 0 Å². The minimum absolute atomic E-state index is 0. The summed E-state index contributed by atoms with van der Waals surface area (Å²) in [5.74, 6) is -0.301. The third-order valence-electron chi connectivity index (χ3n) is 4.44. The number of nitrogens with zero attached hydrogens (tertiary/aromatic N) is 6. The highest BCUT2D eigenvalue weighted by molar-refractivity contribution is 6.06. The summed E-state index contributed by atoms with van der Waals surface area (Å²) in [6.07, 6.45) is 1.95. The van der Waals surface area contributed by atoms with Gasteiger partial charge in [-0.05, 0) is 18.2 Å². The first-order valence-corrected chi connectivity index (χ1v) is 8.80. The molecular formula is C19H18ClFN8O2. The van der Waals surface area contributed by atoms with Crippen molar-refractivity contribution in [3.8, 4) is 0 Å². The zero-order valence-corrected chi connectivity index (χ0v) is 17.1. The van der Waals surface area contributed by atoms with Crippen LogP contribution in [-0.4, -0.2) is 37.9 Å². The smallest absolute Gasteiger partial charge is 0.420 e. The Kier molecular flexibility index (Phi) is 6.16. The maximum atomic E-state index is 14.2. The number of carbonyl (C=O) groups excluding carboxylic acids is 1. The van der Waals surface area contributed by atoms with Gasteiger partial charge in [0, 0.05) is 11.8 Å². The van der Waals surface area contributed by atoms with Gasteiger partial charge in [0.15, 0.2) is 23.1 Å². The van der Waals surface area contributed by atoms with Crippen LogP contribution >= 0.6 is 12.4 Å². The van der Waals surface area contributed by atoms with Crippen molar-refractivity contribution in [2.24, 2.45) is 0 Å². The van der Waals surface area contributed by atoms with Crippen LogP contribution in [0.25, 0.3) is 11.0 Å². The van der Waals surface area contributed by atoms with Crippen LogP contribution in [0.4, 0.5) is 32.3 Å². The molecule has 0 aliphatic heterocycles. The van der Waals surface area contributed by atoms with E-state index in [4.69, 9.17) is 16.2 Å². The van der Waals surface area contributed by atoms with Crippen molar-refractivity contribution >= 4 is 52.7 Å². The molecule has 0 aliphatic carbocycles. The fraction of sp³-hybridized carbons (Fsp3) is 0.105. The average molecular weight is 445 g/mol. The van der Waals surface area contributed by atoms with E-state index < -0.39 is 6.09 Å². The second-order valence-electron chi connectivity index (χ2n) is 6.25. The Morgan fingerprint density at radius 2 is 1.84 bits per heavy atom. The lowest BCUT2D eigenvalue weighted by Crippen LogP contribution is -2.28. The highest BCUT2D eigenvalue weighted by Gasteiger charge is 2.30. The summed E-state index contributed by atoms with van der Waals surface area (Å²) in [5.41, 5.74) is 12.8. The number of carbonyl (C=O) groups is 1. The van der Waals surface area contributed by atoms with Crippen molar-refractivity contribution in [3.63, 3.8) is 0 Å². The number of hydrogen-bond donors (Lipinski definition) is 2. The Balaban J connectivity index is 0.00000272. The molecule has 1 aromatic carbocycles. The van der Waals surface area contributed by atoms with Crippen LogP contribution in [0.3, 0.4) is 0 Å². The van der Waals surface area contributed by atoms with E-state index in [2.05, 4.69) is 20.1 Å². The predicted molar refractivity (Wildman–Crippen MR) is 116 cm³/mol. The molecule has 0 spiro atoms. The first-order valence-electron chi connectivity index (χ1n) is 8.80. The highest BCUT2D eigenvalue weighted by atomic mass is 35.5. The van der Waals surface area contributed by atoms with Gasteiger partial charge in [-0.2, -0.15) is 5.10 Å². The molecular weight excluding hydrogens is 427 g/mol. The van der Waals surface area contributed by atoms with E-state index in [9.17, 15) is 9.18 Å². The van der Waals surface area contributed by atoms with Crippen molar-refractivity contribution in [3.05, 3.63) is 60.3 Å². The number of aromatic nitrogens is 5. The second-order valence-corrected chi connectivity index (χ2v) is 6.25. The summed E-state index contributed by atoms with van der Waals surface area (Å²) in [7, 11) is 1.21. The topological polar surface area (TPSA) is 138 Å². The van der Waals surface area contributed by atoms with Gasteiger partial charge in [-0.1, -0.05) is 18.2 Å². The lowest BCUT2D eigenvalue weighted by Gasteiger charge is -2.21. The molecule has 12 heteroatoms. The summed E-state index contributed by atoms with van der Waals surface area (Å²) < 4.78 is 20.6. The van der Waals surface area contributed by atoms with Crippen LogP contribution in [-0.2, 0) is 11.3 Å². The van der Waals surface area contributed by atoms with E-state index >= 15 is 0 Å². The molecule has 0 atom stereocenters. The van der Waals surface area contributed by atoms with Crippen LogP contribution in [0.1, 0.15) is 5.56 Å². The molecule has 4 rings (SSSR count). The highest BCUT2D eigenvalue weighted by Crippen LogP contribution is 2.36. The molecule has 3 aromatic heterocycles. The number of methoxy groups -OCH3 is 1. The normalized spacial score (nSPS) is 10.5. The van der Waals surface area contributed by atoms with E-state index in [1.165, 1.54) is 24.2 Å². The van der Waals surface area contributed by atoms with Crippen molar-refractivity contribution in [1.29, 1.82) is 0 Å². The molecule has 0 unspecified atom stereocenters. The minimum atomic E-state index is -0.801. The molecule has 31 heavy (non-hydrogen) atoms. The number of benzene rings is 1.